The maximum Gasteiger partial charge on any atom is 0.286 e. The molecule has 0 fully saturated rings. The Labute approximate surface area is 160 Å². The first-order valence-electron chi connectivity index (χ1n) is 8.23. The first-order valence-corrected chi connectivity index (χ1v) is 8.23. The molecule has 2 aromatic carbocycles. The van der Waals surface area contributed by atoms with Gasteiger partial charge in [-0.05, 0) is 0 Å². The summed E-state index contributed by atoms with van der Waals surface area (Å²) >= 11 is 0. The van der Waals surface area contributed by atoms with E-state index in [1.54, 1.807) is 6.07 Å². The minimum absolute atomic E-state index is 0.0423. The molecule has 1 N–H and O–H groups in total. The number of carbonyl (C=O) groups excluding carboxylic acids is 1. The fourth-order valence-corrected chi connectivity index (χ4v) is 2.60. The van der Waals surface area contributed by atoms with Crippen molar-refractivity contribution in [3.8, 4) is 22.8 Å². The van der Waals surface area contributed by atoms with Gasteiger partial charge in [-0.15, -0.1) is 0 Å². The zero-order valence-electron chi connectivity index (χ0n) is 15.2. The molecule has 9 heteroatoms. The van der Waals surface area contributed by atoms with Crippen LogP contribution in [0.2, 0.25) is 0 Å². The first kappa shape index (κ1) is 18.9. The molecule has 28 heavy (non-hydrogen) atoms. The number of nitrogens with zero attached hydrogens (tertiary/aromatic N) is 2. The van der Waals surface area contributed by atoms with Gasteiger partial charge >= 0.3 is 0 Å². The minimum Gasteiger partial charge on any atom is -0.493 e. The van der Waals surface area contributed by atoms with Gasteiger partial charge in [-0.25, -0.2) is 0 Å². The molecule has 0 saturated carbocycles. The maximum absolute atomic E-state index is 12.5. The third kappa shape index (κ3) is 3.93. The molecule has 3 rings (SSSR count). The van der Waals surface area contributed by atoms with Crippen molar-refractivity contribution in [3.05, 3.63) is 69.9 Å². The number of nitrogens with one attached hydrogen (secondary N) is 1. The number of hydrogen-bond acceptors (Lipinski definition) is 7. The number of carbonyl (C=O) groups is 1. The van der Waals surface area contributed by atoms with Crippen LogP contribution in [-0.2, 0) is 6.54 Å². The van der Waals surface area contributed by atoms with Crippen LogP contribution < -0.4 is 14.8 Å². The van der Waals surface area contributed by atoms with Crippen LogP contribution in [0.1, 0.15) is 16.1 Å². The highest BCUT2D eigenvalue weighted by Gasteiger charge is 2.24. The summed E-state index contributed by atoms with van der Waals surface area (Å²) < 4.78 is 15.4. The average molecular weight is 383 g/mol. The summed E-state index contributed by atoms with van der Waals surface area (Å²) in [7, 11) is 2.74. The molecule has 0 atom stereocenters. The summed E-state index contributed by atoms with van der Waals surface area (Å²) in [5, 5.41) is 17.8. The van der Waals surface area contributed by atoms with Gasteiger partial charge in [0.25, 0.3) is 11.6 Å². The first-order chi connectivity index (χ1) is 13.5. The summed E-state index contributed by atoms with van der Waals surface area (Å²) in [6.07, 6.45) is 0. The van der Waals surface area contributed by atoms with E-state index in [2.05, 4.69) is 10.5 Å². The molecule has 0 aliphatic rings. The number of aromatic nitrogens is 1. The SMILES string of the molecule is COc1cc(C(=O)NCc2cc(-c3ccccc3)on2)c([N+](=O)[O-])cc1OC. The Morgan fingerprint density at radius 1 is 1.14 bits per heavy atom. The largest absolute Gasteiger partial charge is 0.493 e. The van der Waals surface area contributed by atoms with Gasteiger partial charge in [-0.2, -0.15) is 0 Å². The normalized spacial score (nSPS) is 10.4. The number of hydrogen-bond donors (Lipinski definition) is 1. The lowest BCUT2D eigenvalue weighted by Crippen LogP contribution is -2.24. The van der Waals surface area contributed by atoms with Crippen molar-refractivity contribution in [1.82, 2.24) is 10.5 Å². The van der Waals surface area contributed by atoms with Crippen molar-refractivity contribution >= 4 is 11.6 Å². The molecule has 0 saturated heterocycles. The van der Waals surface area contributed by atoms with E-state index in [-0.39, 0.29) is 29.3 Å². The Balaban J connectivity index is 1.78. The van der Waals surface area contributed by atoms with Gasteiger partial charge in [0, 0.05) is 17.7 Å². The number of nitro groups is 1. The quantitative estimate of drug-likeness (QED) is 0.492. The second-order valence-electron chi connectivity index (χ2n) is 5.71. The number of amides is 1. The second kappa shape index (κ2) is 8.21. The summed E-state index contributed by atoms with van der Waals surface area (Å²) in [5.74, 6) is 0.291. The number of methoxy groups -OCH3 is 2. The molecule has 0 spiro atoms. The fraction of sp³-hybridized carbons (Fsp3) is 0.158. The molecular weight excluding hydrogens is 366 g/mol. The van der Waals surface area contributed by atoms with Gasteiger partial charge in [-0.3, -0.25) is 14.9 Å². The number of ether oxygens (including phenoxy) is 2. The maximum atomic E-state index is 12.5. The van der Waals surface area contributed by atoms with Gasteiger partial charge in [0.2, 0.25) is 0 Å². The Kier molecular flexibility index (Phi) is 5.54. The molecule has 0 radical (unpaired) electrons. The third-order valence-corrected chi connectivity index (χ3v) is 3.99. The van der Waals surface area contributed by atoms with Crippen LogP contribution in [0.5, 0.6) is 11.5 Å². The van der Waals surface area contributed by atoms with Crippen molar-refractivity contribution in [3.63, 3.8) is 0 Å². The Morgan fingerprint density at radius 3 is 2.46 bits per heavy atom. The molecule has 1 aromatic heterocycles. The molecule has 0 bridgehead atoms. The minimum atomic E-state index is -0.652. The van der Waals surface area contributed by atoms with Crippen LogP contribution in [0.15, 0.2) is 53.1 Å². The zero-order chi connectivity index (χ0) is 20.1. The Hall–Kier alpha value is -3.88. The predicted octanol–water partition coefficient (Wildman–Crippen LogP) is 3.20. The second-order valence-corrected chi connectivity index (χ2v) is 5.71. The Bertz CT molecular complexity index is 1000. The molecule has 9 nitrogen and oxygen atoms in total. The van der Waals surface area contributed by atoms with Crippen molar-refractivity contribution in [2.45, 2.75) is 6.54 Å². The van der Waals surface area contributed by atoms with Crippen LogP contribution in [0.3, 0.4) is 0 Å². The molecule has 0 aliphatic carbocycles. The van der Waals surface area contributed by atoms with E-state index in [0.717, 1.165) is 11.6 Å². The standard InChI is InChI=1S/C19H17N3O6/c1-26-17-9-14(15(22(24)25)10-18(17)27-2)19(23)20-11-13-8-16(28-21-13)12-6-4-3-5-7-12/h3-10H,11H2,1-2H3,(H,20,23). The smallest absolute Gasteiger partial charge is 0.286 e. The summed E-state index contributed by atoms with van der Waals surface area (Å²) in [6.45, 7) is 0.0423. The van der Waals surface area contributed by atoms with E-state index >= 15 is 0 Å². The van der Waals surface area contributed by atoms with Crippen LogP contribution in [0.25, 0.3) is 11.3 Å². The number of nitro benzene ring substituents is 1. The average Bonchev–Trinajstić information content (AvgIpc) is 3.20. The highest BCUT2D eigenvalue weighted by Crippen LogP contribution is 2.34. The van der Waals surface area contributed by atoms with Crippen molar-refractivity contribution in [2.24, 2.45) is 0 Å². The molecule has 1 heterocycles. The van der Waals surface area contributed by atoms with Crippen LogP contribution in [0, 0.1) is 10.1 Å². The van der Waals surface area contributed by atoms with Crippen LogP contribution in [-0.4, -0.2) is 30.2 Å². The van der Waals surface area contributed by atoms with E-state index in [4.69, 9.17) is 14.0 Å². The van der Waals surface area contributed by atoms with Gasteiger partial charge in [0.15, 0.2) is 17.3 Å². The van der Waals surface area contributed by atoms with E-state index in [1.165, 1.54) is 20.3 Å². The summed E-state index contributed by atoms with van der Waals surface area (Å²) in [5.41, 5.74) is 0.799. The van der Waals surface area contributed by atoms with E-state index in [9.17, 15) is 14.9 Å². The lowest BCUT2D eigenvalue weighted by Gasteiger charge is -2.10. The lowest BCUT2D eigenvalue weighted by atomic mass is 10.1. The molecule has 0 unspecified atom stereocenters. The highest BCUT2D eigenvalue weighted by molar-refractivity contribution is 5.99. The van der Waals surface area contributed by atoms with Gasteiger partial charge in [0.05, 0.1) is 31.8 Å². The molecule has 144 valence electrons. The van der Waals surface area contributed by atoms with E-state index in [1.807, 2.05) is 30.3 Å². The topological polar surface area (TPSA) is 117 Å². The number of benzene rings is 2. The molecular formula is C19H17N3O6. The molecule has 0 aliphatic heterocycles. The molecule has 3 aromatic rings. The van der Waals surface area contributed by atoms with Gasteiger partial charge < -0.3 is 19.3 Å². The monoisotopic (exact) mass is 383 g/mol. The third-order valence-electron chi connectivity index (χ3n) is 3.99. The highest BCUT2D eigenvalue weighted by atomic mass is 16.6. The van der Waals surface area contributed by atoms with Crippen molar-refractivity contribution < 1.29 is 23.7 Å². The van der Waals surface area contributed by atoms with Crippen LogP contribution in [0.4, 0.5) is 5.69 Å². The summed E-state index contributed by atoms with van der Waals surface area (Å²) in [6, 6.07) is 13.5. The van der Waals surface area contributed by atoms with Crippen molar-refractivity contribution in [2.75, 3.05) is 14.2 Å². The molecule has 1 amide bonds. The fourth-order valence-electron chi connectivity index (χ4n) is 2.60. The Morgan fingerprint density at radius 2 is 1.82 bits per heavy atom. The summed E-state index contributed by atoms with van der Waals surface area (Å²) in [4.78, 5) is 23.2. The van der Waals surface area contributed by atoms with Crippen LogP contribution >= 0.6 is 0 Å². The van der Waals surface area contributed by atoms with E-state index < -0.39 is 10.8 Å². The zero-order valence-corrected chi connectivity index (χ0v) is 15.2. The van der Waals surface area contributed by atoms with Gasteiger partial charge in [0.1, 0.15) is 11.3 Å². The van der Waals surface area contributed by atoms with Gasteiger partial charge in [-0.1, -0.05) is 35.5 Å². The predicted molar refractivity (Wildman–Crippen MR) is 99.3 cm³/mol. The van der Waals surface area contributed by atoms with E-state index in [0.29, 0.717) is 11.5 Å². The van der Waals surface area contributed by atoms with Crippen molar-refractivity contribution in [1.29, 1.82) is 0 Å². The lowest BCUT2D eigenvalue weighted by molar-refractivity contribution is -0.385. The number of rotatable bonds is 7.